The Morgan fingerprint density at radius 1 is 0.821 bits per heavy atom. The molecule has 0 N–H and O–H groups in total. The lowest BCUT2D eigenvalue weighted by Gasteiger charge is -2.35. The second-order valence-electron chi connectivity index (χ2n) is 9.11. The predicted molar refractivity (Wildman–Crippen MR) is 109 cm³/mol. The molecule has 1 aliphatic heterocycles. The quantitative estimate of drug-likeness (QED) is 0.483. The van der Waals surface area contributed by atoms with Crippen LogP contribution in [0.2, 0.25) is 0 Å². The first kappa shape index (κ1) is 19.8. The maximum absolute atomic E-state index is 13.8. The van der Waals surface area contributed by atoms with Gasteiger partial charge in [0, 0.05) is 5.57 Å². The van der Waals surface area contributed by atoms with Crippen molar-refractivity contribution in [2.45, 2.75) is 83.3 Å². The highest BCUT2D eigenvalue weighted by molar-refractivity contribution is 5.29. The van der Waals surface area contributed by atoms with Crippen LogP contribution in [0.15, 0.2) is 47.6 Å². The molecule has 1 aromatic rings. The molecule has 1 fully saturated rings. The molecule has 1 aromatic carbocycles. The van der Waals surface area contributed by atoms with E-state index >= 15 is 0 Å². The molecule has 2 unspecified atom stereocenters. The zero-order valence-electron chi connectivity index (χ0n) is 17.1. The van der Waals surface area contributed by atoms with Crippen LogP contribution in [0.3, 0.4) is 0 Å². The molecule has 4 rings (SSSR count). The van der Waals surface area contributed by atoms with E-state index in [0.29, 0.717) is 12.3 Å². The molecule has 3 aliphatic rings. The fourth-order valence-electron chi connectivity index (χ4n) is 5.25. The third-order valence-corrected chi connectivity index (χ3v) is 7.28. The van der Waals surface area contributed by atoms with Gasteiger partial charge in [-0.2, -0.15) is 8.78 Å². The number of halogens is 2. The predicted octanol–water partition coefficient (Wildman–Crippen LogP) is 7.71. The molecule has 1 heterocycles. The molecule has 0 radical (unpaired) electrons. The SMILES string of the molecule is CC1=CCC(C2CCC(c3ccc(C4CC=C(C)C(F)(F)O4)cc3)CC2)CC1. The summed E-state index contributed by atoms with van der Waals surface area (Å²) in [6, 6.07) is 8.26. The molecule has 0 amide bonds. The minimum atomic E-state index is -3.15. The number of rotatable bonds is 3. The van der Waals surface area contributed by atoms with Crippen molar-refractivity contribution in [3.05, 3.63) is 58.7 Å². The summed E-state index contributed by atoms with van der Waals surface area (Å²) in [7, 11) is 0. The van der Waals surface area contributed by atoms with Crippen LogP contribution in [0, 0.1) is 11.8 Å². The summed E-state index contributed by atoms with van der Waals surface area (Å²) in [6.45, 7) is 3.69. The van der Waals surface area contributed by atoms with Crippen LogP contribution in [0.5, 0.6) is 0 Å². The van der Waals surface area contributed by atoms with Gasteiger partial charge in [0.05, 0.1) is 6.10 Å². The van der Waals surface area contributed by atoms with Gasteiger partial charge in [0.2, 0.25) is 0 Å². The van der Waals surface area contributed by atoms with Gasteiger partial charge >= 0.3 is 6.11 Å². The maximum Gasteiger partial charge on any atom is 0.379 e. The van der Waals surface area contributed by atoms with Crippen LogP contribution in [-0.4, -0.2) is 6.11 Å². The van der Waals surface area contributed by atoms with Crippen LogP contribution in [0.25, 0.3) is 0 Å². The number of benzene rings is 1. The first-order valence-corrected chi connectivity index (χ1v) is 10.9. The molecule has 2 aliphatic carbocycles. The number of hydrogen-bond acceptors (Lipinski definition) is 1. The highest BCUT2D eigenvalue weighted by Gasteiger charge is 2.39. The van der Waals surface area contributed by atoms with Crippen molar-refractivity contribution >= 4 is 0 Å². The Kier molecular flexibility index (Phi) is 5.73. The van der Waals surface area contributed by atoms with Gasteiger partial charge in [-0.15, -0.1) is 0 Å². The van der Waals surface area contributed by atoms with E-state index in [4.69, 9.17) is 4.74 Å². The lowest BCUT2D eigenvalue weighted by atomic mass is 9.70. The molecule has 1 saturated carbocycles. The lowest BCUT2D eigenvalue weighted by molar-refractivity contribution is -0.243. The van der Waals surface area contributed by atoms with Gasteiger partial charge in [-0.1, -0.05) is 42.0 Å². The normalized spacial score (nSPS) is 33.1. The summed E-state index contributed by atoms with van der Waals surface area (Å²) in [5.41, 5.74) is 3.79. The Hall–Kier alpha value is -1.48. The van der Waals surface area contributed by atoms with E-state index in [1.54, 1.807) is 11.6 Å². The van der Waals surface area contributed by atoms with Gasteiger partial charge in [0.1, 0.15) is 0 Å². The van der Waals surface area contributed by atoms with Gasteiger partial charge in [-0.25, -0.2) is 0 Å². The summed E-state index contributed by atoms with van der Waals surface area (Å²) in [5, 5.41) is 0. The largest absolute Gasteiger partial charge is 0.379 e. The van der Waals surface area contributed by atoms with E-state index < -0.39 is 12.2 Å². The first-order chi connectivity index (χ1) is 13.4. The number of allylic oxidation sites excluding steroid dienone is 2. The van der Waals surface area contributed by atoms with E-state index in [0.717, 1.165) is 17.4 Å². The Labute approximate surface area is 167 Å². The van der Waals surface area contributed by atoms with E-state index in [-0.39, 0.29) is 5.57 Å². The molecule has 0 aromatic heterocycles. The molecular formula is C25H32F2O. The minimum absolute atomic E-state index is 0.0146. The van der Waals surface area contributed by atoms with Crippen LogP contribution >= 0.6 is 0 Å². The van der Waals surface area contributed by atoms with E-state index in [2.05, 4.69) is 25.1 Å². The Morgan fingerprint density at radius 2 is 1.50 bits per heavy atom. The number of alkyl halides is 2. The fraction of sp³-hybridized carbons (Fsp3) is 0.600. The summed E-state index contributed by atoms with van der Waals surface area (Å²) < 4.78 is 32.7. The van der Waals surface area contributed by atoms with E-state index in [1.165, 1.54) is 57.4 Å². The summed E-state index contributed by atoms with van der Waals surface area (Å²) in [4.78, 5) is 0. The molecule has 2 atom stereocenters. The molecule has 0 bridgehead atoms. The Balaban J connectivity index is 1.34. The molecule has 0 saturated heterocycles. The number of hydrogen-bond donors (Lipinski definition) is 0. The average Bonchev–Trinajstić information content (AvgIpc) is 2.71. The molecule has 152 valence electrons. The highest BCUT2D eigenvalue weighted by Crippen LogP contribution is 2.43. The maximum atomic E-state index is 13.8. The van der Waals surface area contributed by atoms with E-state index in [9.17, 15) is 8.78 Å². The number of ether oxygens (including phenoxy) is 1. The second kappa shape index (κ2) is 8.10. The standard InChI is InChI=1S/C25H32F2O/c1-17-3-6-19(7-4-17)20-8-10-21(11-9-20)22-12-14-23(15-13-22)24-16-5-18(2)25(26,27)28-24/h3,5,12-15,19-21,24H,4,6-11,16H2,1-2H3. The van der Waals surface area contributed by atoms with Crippen molar-refractivity contribution in [2.75, 3.05) is 0 Å². The molecular weight excluding hydrogens is 354 g/mol. The third kappa shape index (κ3) is 4.25. The Morgan fingerprint density at radius 3 is 2.11 bits per heavy atom. The van der Waals surface area contributed by atoms with Gasteiger partial charge in [-0.05, 0) is 94.1 Å². The van der Waals surface area contributed by atoms with Gasteiger partial charge in [0.15, 0.2) is 0 Å². The van der Waals surface area contributed by atoms with Crippen molar-refractivity contribution in [3.8, 4) is 0 Å². The fourth-order valence-corrected chi connectivity index (χ4v) is 5.25. The van der Waals surface area contributed by atoms with Gasteiger partial charge < -0.3 is 4.74 Å². The van der Waals surface area contributed by atoms with Crippen molar-refractivity contribution in [2.24, 2.45) is 11.8 Å². The zero-order valence-corrected chi connectivity index (χ0v) is 17.1. The first-order valence-electron chi connectivity index (χ1n) is 10.9. The molecule has 28 heavy (non-hydrogen) atoms. The van der Waals surface area contributed by atoms with Gasteiger partial charge in [-0.3, -0.25) is 0 Å². The lowest BCUT2D eigenvalue weighted by Crippen LogP contribution is -2.28. The highest BCUT2D eigenvalue weighted by atomic mass is 19.3. The summed E-state index contributed by atoms with van der Waals surface area (Å²) in [6.07, 6.45) is 9.95. The smallest absolute Gasteiger partial charge is 0.308 e. The molecule has 1 nitrogen and oxygen atoms in total. The van der Waals surface area contributed by atoms with Crippen LogP contribution in [0.1, 0.15) is 88.4 Å². The topological polar surface area (TPSA) is 9.23 Å². The third-order valence-electron chi connectivity index (χ3n) is 7.28. The van der Waals surface area contributed by atoms with Crippen molar-refractivity contribution in [1.82, 2.24) is 0 Å². The van der Waals surface area contributed by atoms with Gasteiger partial charge in [0.25, 0.3) is 0 Å². The monoisotopic (exact) mass is 386 g/mol. The Bertz CT molecular complexity index is 738. The summed E-state index contributed by atoms with van der Waals surface area (Å²) in [5.74, 6) is 2.38. The van der Waals surface area contributed by atoms with Crippen molar-refractivity contribution in [3.63, 3.8) is 0 Å². The average molecular weight is 387 g/mol. The zero-order chi connectivity index (χ0) is 19.7. The van der Waals surface area contributed by atoms with Crippen molar-refractivity contribution in [1.29, 1.82) is 0 Å². The molecule has 0 spiro atoms. The van der Waals surface area contributed by atoms with Crippen LogP contribution < -0.4 is 0 Å². The molecule has 3 heteroatoms. The van der Waals surface area contributed by atoms with Crippen LogP contribution in [0.4, 0.5) is 8.78 Å². The summed E-state index contributed by atoms with van der Waals surface area (Å²) >= 11 is 0. The van der Waals surface area contributed by atoms with E-state index in [1.807, 2.05) is 12.1 Å². The minimum Gasteiger partial charge on any atom is -0.308 e. The second-order valence-corrected chi connectivity index (χ2v) is 9.11. The van der Waals surface area contributed by atoms with Crippen LogP contribution in [-0.2, 0) is 4.74 Å². The van der Waals surface area contributed by atoms with Crippen molar-refractivity contribution < 1.29 is 13.5 Å².